The molecule has 1 aromatic carbocycles. The monoisotopic (exact) mass is 447 g/mol. The summed E-state index contributed by atoms with van der Waals surface area (Å²) in [5, 5.41) is 5.41. The number of carbonyl (C=O) groups is 2. The van der Waals surface area contributed by atoms with Crippen LogP contribution in [-0.4, -0.2) is 31.8 Å². The Morgan fingerprint density at radius 2 is 1.73 bits per heavy atom. The topological polar surface area (TPSA) is 105 Å². The predicted octanol–water partition coefficient (Wildman–Crippen LogP) is 2.23. The van der Waals surface area contributed by atoms with Crippen LogP contribution in [0.25, 0.3) is 0 Å². The van der Waals surface area contributed by atoms with Crippen molar-refractivity contribution in [2.75, 3.05) is 6.54 Å². The van der Waals surface area contributed by atoms with Crippen LogP contribution in [0.5, 0.6) is 0 Å². The molecule has 2 aromatic heterocycles. The minimum absolute atomic E-state index is 0.0648. The Kier molecular flexibility index (Phi) is 6.91. The van der Waals surface area contributed by atoms with Crippen molar-refractivity contribution < 1.29 is 22.4 Å². The Hall–Kier alpha value is -3.11. The molecule has 0 aliphatic rings. The zero-order valence-electron chi connectivity index (χ0n) is 15.6. The summed E-state index contributed by atoms with van der Waals surface area (Å²) in [6.07, 6.45) is 1.56. The minimum atomic E-state index is -3.93. The van der Waals surface area contributed by atoms with Gasteiger partial charge in [-0.2, -0.15) is 0 Å². The maximum atomic E-state index is 13.2. The van der Waals surface area contributed by atoms with E-state index in [1.54, 1.807) is 41.9 Å². The second-order valence-corrected chi connectivity index (χ2v) is 9.33. The van der Waals surface area contributed by atoms with Gasteiger partial charge in [0.15, 0.2) is 9.84 Å². The molecular weight excluding hydrogens is 429 g/mol. The third kappa shape index (κ3) is 5.28. The second-order valence-electron chi connectivity index (χ2n) is 6.22. The van der Waals surface area contributed by atoms with Crippen LogP contribution < -0.4 is 10.6 Å². The standard InChI is InChI=1S/C20H18FN3O4S2/c21-14-6-8-16(9-7-14)30(27,28)18(17-5-3-11-29-17)13-24-20(26)19(25)23-12-15-4-1-2-10-22-15/h1-11,18H,12-13H2,(H,23,25)(H,24,26)/t18-/m0/s1. The van der Waals surface area contributed by atoms with E-state index in [0.717, 1.165) is 12.1 Å². The summed E-state index contributed by atoms with van der Waals surface area (Å²) in [6.45, 7) is -0.245. The van der Waals surface area contributed by atoms with Gasteiger partial charge in [-0.15, -0.1) is 11.3 Å². The van der Waals surface area contributed by atoms with Gasteiger partial charge >= 0.3 is 11.8 Å². The van der Waals surface area contributed by atoms with E-state index in [1.165, 1.54) is 23.5 Å². The van der Waals surface area contributed by atoms with Crippen molar-refractivity contribution in [1.82, 2.24) is 15.6 Å². The van der Waals surface area contributed by atoms with Crippen molar-refractivity contribution >= 4 is 33.0 Å². The van der Waals surface area contributed by atoms with E-state index in [9.17, 15) is 22.4 Å². The van der Waals surface area contributed by atoms with Crippen molar-refractivity contribution in [2.45, 2.75) is 16.7 Å². The lowest BCUT2D eigenvalue weighted by atomic mass is 10.3. The Bertz CT molecular complexity index is 1100. The molecule has 0 aliphatic carbocycles. The van der Waals surface area contributed by atoms with E-state index in [4.69, 9.17) is 0 Å². The highest BCUT2D eigenvalue weighted by Gasteiger charge is 2.31. The molecule has 2 heterocycles. The average molecular weight is 448 g/mol. The van der Waals surface area contributed by atoms with Crippen LogP contribution in [0.3, 0.4) is 0 Å². The van der Waals surface area contributed by atoms with Crippen LogP contribution in [0.1, 0.15) is 15.8 Å². The van der Waals surface area contributed by atoms with Crippen molar-refractivity contribution in [3.63, 3.8) is 0 Å². The summed E-state index contributed by atoms with van der Waals surface area (Å²) in [7, 11) is -3.93. The number of pyridine rings is 1. The molecule has 1 atom stereocenters. The fourth-order valence-corrected chi connectivity index (χ4v) is 5.43. The molecular formula is C20H18FN3O4S2. The van der Waals surface area contributed by atoms with Crippen molar-refractivity contribution in [3.05, 3.63) is 82.6 Å². The number of carbonyl (C=O) groups excluding carboxylic acids is 2. The summed E-state index contributed by atoms with van der Waals surface area (Å²) in [6, 6.07) is 13.0. The quantitative estimate of drug-likeness (QED) is 0.427. The zero-order chi connectivity index (χ0) is 21.6. The number of thiophene rings is 1. The number of nitrogens with one attached hydrogen (secondary N) is 2. The highest BCUT2D eigenvalue weighted by Crippen LogP contribution is 2.31. The lowest BCUT2D eigenvalue weighted by molar-refractivity contribution is -0.139. The fraction of sp³-hybridized carbons (Fsp3) is 0.150. The normalized spacial score (nSPS) is 12.2. The maximum absolute atomic E-state index is 13.2. The molecule has 3 aromatic rings. The van der Waals surface area contributed by atoms with Gasteiger partial charge in [0.05, 0.1) is 17.1 Å². The van der Waals surface area contributed by atoms with Crippen molar-refractivity contribution in [3.8, 4) is 0 Å². The molecule has 0 saturated heterocycles. The lowest BCUT2D eigenvalue weighted by Crippen LogP contribution is -2.42. The van der Waals surface area contributed by atoms with Gasteiger partial charge in [-0.3, -0.25) is 14.6 Å². The molecule has 10 heteroatoms. The second kappa shape index (κ2) is 9.59. The van der Waals surface area contributed by atoms with Gasteiger partial charge in [0.25, 0.3) is 0 Å². The van der Waals surface area contributed by atoms with E-state index < -0.39 is 32.7 Å². The number of nitrogens with zero attached hydrogens (tertiary/aromatic N) is 1. The van der Waals surface area contributed by atoms with E-state index in [1.807, 2.05) is 0 Å². The van der Waals surface area contributed by atoms with E-state index in [2.05, 4.69) is 15.6 Å². The summed E-state index contributed by atoms with van der Waals surface area (Å²) in [5.74, 6) is -2.41. The number of sulfone groups is 1. The van der Waals surface area contributed by atoms with E-state index >= 15 is 0 Å². The van der Waals surface area contributed by atoms with Crippen LogP contribution in [0.4, 0.5) is 4.39 Å². The molecule has 7 nitrogen and oxygen atoms in total. The van der Waals surface area contributed by atoms with Gasteiger partial charge in [0.1, 0.15) is 11.1 Å². The Morgan fingerprint density at radius 1 is 1.00 bits per heavy atom. The summed E-state index contributed by atoms with van der Waals surface area (Å²) in [5.41, 5.74) is 0.578. The number of benzene rings is 1. The molecule has 30 heavy (non-hydrogen) atoms. The third-order valence-electron chi connectivity index (χ3n) is 4.19. The first-order valence-corrected chi connectivity index (χ1v) is 11.3. The molecule has 0 bridgehead atoms. The number of aromatic nitrogens is 1. The first-order valence-electron chi connectivity index (χ1n) is 8.86. The molecule has 0 spiro atoms. The SMILES string of the molecule is O=C(NCc1ccccn1)C(=O)NC[C@@H](c1cccs1)S(=O)(=O)c1ccc(F)cc1. The van der Waals surface area contributed by atoms with Crippen LogP contribution >= 0.6 is 11.3 Å². The van der Waals surface area contributed by atoms with Gasteiger partial charge in [-0.1, -0.05) is 12.1 Å². The first-order chi connectivity index (χ1) is 14.4. The Labute approximate surface area is 176 Å². The van der Waals surface area contributed by atoms with E-state index in [0.29, 0.717) is 10.6 Å². The molecule has 0 aliphatic heterocycles. The predicted molar refractivity (Wildman–Crippen MR) is 110 cm³/mol. The van der Waals surface area contributed by atoms with Gasteiger partial charge in [0.2, 0.25) is 0 Å². The smallest absolute Gasteiger partial charge is 0.309 e. The molecule has 156 valence electrons. The number of hydrogen-bond donors (Lipinski definition) is 2. The highest BCUT2D eigenvalue weighted by molar-refractivity contribution is 7.91. The van der Waals surface area contributed by atoms with Gasteiger partial charge in [0, 0.05) is 17.6 Å². The molecule has 3 rings (SSSR count). The average Bonchev–Trinajstić information content (AvgIpc) is 3.27. The molecule has 0 radical (unpaired) electrons. The van der Waals surface area contributed by atoms with Crippen molar-refractivity contribution in [2.24, 2.45) is 0 Å². The first kappa shape index (κ1) is 21.6. The van der Waals surface area contributed by atoms with Gasteiger partial charge in [-0.25, -0.2) is 12.8 Å². The van der Waals surface area contributed by atoms with Crippen molar-refractivity contribution in [1.29, 1.82) is 0 Å². The number of hydrogen-bond acceptors (Lipinski definition) is 6. The van der Waals surface area contributed by atoms with Gasteiger partial charge in [-0.05, 0) is 47.8 Å². The zero-order valence-corrected chi connectivity index (χ0v) is 17.3. The summed E-state index contributed by atoms with van der Waals surface area (Å²) in [4.78, 5) is 28.7. The molecule has 2 amide bonds. The van der Waals surface area contributed by atoms with Crippen LogP contribution in [0.15, 0.2) is 71.1 Å². The number of rotatable bonds is 7. The number of halogens is 1. The lowest BCUT2D eigenvalue weighted by Gasteiger charge is -2.17. The maximum Gasteiger partial charge on any atom is 0.309 e. The fourth-order valence-electron chi connectivity index (χ4n) is 2.65. The Morgan fingerprint density at radius 3 is 2.37 bits per heavy atom. The minimum Gasteiger partial charge on any atom is -0.346 e. The van der Waals surface area contributed by atoms with Crippen LogP contribution in [0.2, 0.25) is 0 Å². The molecule has 0 fully saturated rings. The molecule has 2 N–H and O–H groups in total. The summed E-state index contributed by atoms with van der Waals surface area (Å²) < 4.78 is 39.3. The van der Waals surface area contributed by atoms with Crippen LogP contribution in [0, 0.1) is 5.82 Å². The molecule has 0 saturated carbocycles. The van der Waals surface area contributed by atoms with E-state index in [-0.39, 0.29) is 18.0 Å². The number of amides is 2. The highest BCUT2D eigenvalue weighted by atomic mass is 32.2. The van der Waals surface area contributed by atoms with Gasteiger partial charge < -0.3 is 10.6 Å². The summed E-state index contributed by atoms with van der Waals surface area (Å²) >= 11 is 1.21. The largest absolute Gasteiger partial charge is 0.346 e. The third-order valence-corrected chi connectivity index (χ3v) is 7.42. The molecule has 0 unspecified atom stereocenters. The Balaban J connectivity index is 1.69. The van der Waals surface area contributed by atoms with Crippen LogP contribution in [-0.2, 0) is 26.0 Å².